The third-order valence-corrected chi connectivity index (χ3v) is 10.6. The lowest BCUT2D eigenvalue weighted by atomic mass is 9.43. The molecule has 196 valence electrons. The van der Waals surface area contributed by atoms with E-state index in [1.165, 1.54) is 7.11 Å². The third kappa shape index (κ3) is 4.42. The molecule has 4 fully saturated rings. The molecule has 0 aromatic heterocycles. The Morgan fingerprint density at radius 2 is 1.83 bits per heavy atom. The number of methoxy groups -OCH3 is 1. The van der Waals surface area contributed by atoms with Crippen molar-refractivity contribution >= 4 is 23.7 Å². The van der Waals surface area contributed by atoms with Gasteiger partial charge in [-0.25, -0.2) is 4.79 Å². The van der Waals surface area contributed by atoms with Gasteiger partial charge in [0, 0.05) is 30.6 Å². The molecule has 4 aliphatic carbocycles. The molecule has 0 amide bonds. The number of carbonyl (C=O) groups excluding carboxylic acids is 4. The molecule has 0 N–H and O–H groups in total. The second kappa shape index (κ2) is 9.85. The highest BCUT2D eigenvalue weighted by Crippen LogP contribution is 2.66. The molecule has 0 heterocycles. The number of fused-ring (bicyclic) bond motifs is 5. The van der Waals surface area contributed by atoms with Crippen LogP contribution >= 0.6 is 0 Å². The fourth-order valence-corrected chi connectivity index (χ4v) is 8.60. The van der Waals surface area contributed by atoms with Gasteiger partial charge in [-0.2, -0.15) is 0 Å². The summed E-state index contributed by atoms with van der Waals surface area (Å²) >= 11 is 0. The van der Waals surface area contributed by atoms with Gasteiger partial charge in [-0.3, -0.25) is 14.4 Å². The first kappa shape index (κ1) is 26.2. The Kier molecular flexibility index (Phi) is 7.36. The summed E-state index contributed by atoms with van der Waals surface area (Å²) in [6, 6.07) is 0. The molecule has 0 aromatic carbocycles. The number of esters is 1. The third-order valence-electron chi connectivity index (χ3n) is 10.6. The van der Waals surface area contributed by atoms with E-state index >= 15 is 0 Å². The van der Waals surface area contributed by atoms with Crippen LogP contribution in [0, 0.1) is 46.3 Å². The highest BCUT2D eigenvalue weighted by Gasteiger charge is 2.66. The SMILES string of the molecule is CCOC(=O)O[C@@H]1CC[C@]2(C)[C@H](CC(=O)[C@@H]3[C@@H]2CC(=O)[C@@]2(C)[C@H]3CC[C@H]2[C@@H](C)CCC(=O)OC)C1. The van der Waals surface area contributed by atoms with E-state index in [4.69, 9.17) is 14.2 Å². The van der Waals surface area contributed by atoms with E-state index in [1.807, 2.05) is 0 Å². The Bertz CT molecular complexity index is 867. The Morgan fingerprint density at radius 3 is 2.51 bits per heavy atom. The zero-order valence-electron chi connectivity index (χ0n) is 22.0. The number of hydrogen-bond donors (Lipinski definition) is 0. The summed E-state index contributed by atoms with van der Waals surface area (Å²) in [6.45, 7) is 8.55. The van der Waals surface area contributed by atoms with Gasteiger partial charge in [0.15, 0.2) is 0 Å². The van der Waals surface area contributed by atoms with Crippen LogP contribution < -0.4 is 0 Å². The molecule has 4 saturated carbocycles. The van der Waals surface area contributed by atoms with Gasteiger partial charge < -0.3 is 14.2 Å². The van der Waals surface area contributed by atoms with E-state index < -0.39 is 11.6 Å². The standard InChI is InChI=1S/C28H42O7/c1-6-34-26(32)35-18-11-12-27(3)17(13-18)14-22(29)25-20-9-8-19(16(2)7-10-24(31)33-5)28(20,4)23(30)15-21(25)27/h16-21,25H,6-15H2,1-5H3/t16-,17-,18+,19-,20-,21-,25-,27+,28+/m0/s1. The largest absolute Gasteiger partial charge is 0.508 e. The molecule has 4 rings (SSSR count). The number of hydrogen-bond acceptors (Lipinski definition) is 7. The number of Topliss-reactive ketones (excluding diaryl/α,β-unsaturated/α-hetero) is 2. The van der Waals surface area contributed by atoms with Crippen LogP contribution in [0.25, 0.3) is 0 Å². The molecule has 0 bridgehead atoms. The maximum atomic E-state index is 13.9. The van der Waals surface area contributed by atoms with Gasteiger partial charge in [0.1, 0.15) is 17.7 Å². The lowest BCUT2D eigenvalue weighted by molar-refractivity contribution is -0.169. The Hall–Kier alpha value is -1.92. The van der Waals surface area contributed by atoms with Crippen LogP contribution in [-0.4, -0.2) is 43.5 Å². The monoisotopic (exact) mass is 490 g/mol. The average Bonchev–Trinajstić information content (AvgIpc) is 3.17. The van der Waals surface area contributed by atoms with Gasteiger partial charge in [0.25, 0.3) is 0 Å². The quantitative estimate of drug-likeness (QED) is 0.476. The topological polar surface area (TPSA) is 96.0 Å². The minimum atomic E-state index is -0.636. The van der Waals surface area contributed by atoms with E-state index in [1.54, 1.807) is 6.92 Å². The zero-order valence-corrected chi connectivity index (χ0v) is 22.0. The Labute approximate surface area is 209 Å². The summed E-state index contributed by atoms with van der Waals surface area (Å²) in [5, 5.41) is 0. The molecule has 0 aromatic rings. The van der Waals surface area contributed by atoms with Crippen LogP contribution in [-0.2, 0) is 28.6 Å². The minimum absolute atomic E-state index is 0.0620. The summed E-state index contributed by atoms with van der Waals surface area (Å²) in [6.07, 6.45) is 5.25. The molecule has 0 spiro atoms. The molecule has 0 saturated heterocycles. The van der Waals surface area contributed by atoms with Crippen LogP contribution in [0.15, 0.2) is 0 Å². The fourth-order valence-electron chi connectivity index (χ4n) is 8.60. The van der Waals surface area contributed by atoms with Gasteiger partial charge >= 0.3 is 12.1 Å². The molecular formula is C28H42O7. The average molecular weight is 491 g/mol. The molecule has 0 radical (unpaired) electrons. The minimum Gasteiger partial charge on any atom is -0.469 e. The van der Waals surface area contributed by atoms with Crippen LogP contribution in [0.4, 0.5) is 4.79 Å². The van der Waals surface area contributed by atoms with Crippen LogP contribution in [0.1, 0.15) is 85.5 Å². The fraction of sp³-hybridized carbons (Fsp3) is 0.857. The first-order chi connectivity index (χ1) is 16.6. The van der Waals surface area contributed by atoms with Gasteiger partial charge in [-0.15, -0.1) is 0 Å². The van der Waals surface area contributed by atoms with Crippen molar-refractivity contribution in [2.45, 2.75) is 91.6 Å². The van der Waals surface area contributed by atoms with Gasteiger partial charge in [0.2, 0.25) is 0 Å². The molecule has 35 heavy (non-hydrogen) atoms. The highest BCUT2D eigenvalue weighted by molar-refractivity contribution is 5.92. The van der Waals surface area contributed by atoms with E-state index in [9.17, 15) is 19.2 Å². The van der Waals surface area contributed by atoms with Crippen molar-refractivity contribution < 1.29 is 33.4 Å². The molecule has 0 aliphatic heterocycles. The molecule has 7 nitrogen and oxygen atoms in total. The Balaban J connectivity index is 1.52. The normalized spacial score (nSPS) is 41.3. The molecular weight excluding hydrogens is 448 g/mol. The van der Waals surface area contributed by atoms with E-state index in [2.05, 4.69) is 20.8 Å². The van der Waals surface area contributed by atoms with E-state index in [0.717, 1.165) is 25.7 Å². The van der Waals surface area contributed by atoms with Gasteiger partial charge in [-0.1, -0.05) is 20.8 Å². The number of carbonyl (C=O) groups is 4. The van der Waals surface area contributed by atoms with E-state index in [0.29, 0.717) is 43.7 Å². The summed E-state index contributed by atoms with van der Waals surface area (Å²) < 4.78 is 15.3. The molecule has 9 atom stereocenters. The summed E-state index contributed by atoms with van der Waals surface area (Å²) in [7, 11) is 1.41. The number of ether oxygens (including phenoxy) is 3. The van der Waals surface area contributed by atoms with Crippen LogP contribution in [0.3, 0.4) is 0 Å². The van der Waals surface area contributed by atoms with Gasteiger partial charge in [0.05, 0.1) is 13.7 Å². The Morgan fingerprint density at radius 1 is 1.09 bits per heavy atom. The van der Waals surface area contributed by atoms with Crippen molar-refractivity contribution in [2.24, 2.45) is 46.3 Å². The smallest absolute Gasteiger partial charge is 0.469 e. The van der Waals surface area contributed by atoms with E-state index in [-0.39, 0.29) is 59.6 Å². The van der Waals surface area contributed by atoms with Crippen LogP contribution in [0.5, 0.6) is 0 Å². The van der Waals surface area contributed by atoms with Crippen molar-refractivity contribution in [3.8, 4) is 0 Å². The van der Waals surface area contributed by atoms with Crippen molar-refractivity contribution in [2.75, 3.05) is 13.7 Å². The molecule has 0 unspecified atom stereocenters. The molecule has 4 aliphatic rings. The zero-order chi connectivity index (χ0) is 25.5. The lowest BCUT2D eigenvalue weighted by Crippen LogP contribution is -2.60. The predicted octanol–water partition coefficient (Wildman–Crippen LogP) is 5.13. The summed E-state index contributed by atoms with van der Waals surface area (Å²) in [4.78, 5) is 51.1. The molecule has 7 heteroatoms. The second-order valence-corrected chi connectivity index (χ2v) is 12.0. The predicted molar refractivity (Wildman–Crippen MR) is 128 cm³/mol. The lowest BCUT2D eigenvalue weighted by Gasteiger charge is -2.59. The maximum Gasteiger partial charge on any atom is 0.508 e. The first-order valence-electron chi connectivity index (χ1n) is 13.5. The highest BCUT2D eigenvalue weighted by atomic mass is 16.7. The summed E-state index contributed by atoms with van der Waals surface area (Å²) in [5.41, 5.74) is -0.599. The summed E-state index contributed by atoms with van der Waals surface area (Å²) in [5.74, 6) is 0.994. The van der Waals surface area contributed by atoms with Crippen molar-refractivity contribution in [1.29, 1.82) is 0 Å². The van der Waals surface area contributed by atoms with Crippen molar-refractivity contribution in [1.82, 2.24) is 0 Å². The van der Waals surface area contributed by atoms with Crippen molar-refractivity contribution in [3.63, 3.8) is 0 Å². The van der Waals surface area contributed by atoms with Crippen LogP contribution in [0.2, 0.25) is 0 Å². The second-order valence-electron chi connectivity index (χ2n) is 12.0. The number of ketones is 2. The van der Waals surface area contributed by atoms with Gasteiger partial charge in [-0.05, 0) is 80.5 Å². The maximum absolute atomic E-state index is 13.9. The number of rotatable bonds is 6. The van der Waals surface area contributed by atoms with Crippen molar-refractivity contribution in [3.05, 3.63) is 0 Å². The first-order valence-corrected chi connectivity index (χ1v) is 13.5.